The number of hydrogen-bond acceptors (Lipinski definition) is 10. The fourth-order valence-corrected chi connectivity index (χ4v) is 9.75. The first kappa shape index (κ1) is 27.8. The Morgan fingerprint density at radius 3 is 2.41 bits per heavy atom. The number of fused-ring (bicyclic) bond motifs is 5. The van der Waals surface area contributed by atoms with Crippen LogP contribution in [0.25, 0.3) is 0 Å². The summed E-state index contributed by atoms with van der Waals surface area (Å²) in [4.78, 5) is 24.8. The van der Waals surface area contributed by atoms with Crippen LogP contribution >= 0.6 is 0 Å². The third kappa shape index (κ3) is 3.78. The maximum atomic E-state index is 13.0. The summed E-state index contributed by atoms with van der Waals surface area (Å²) in [7, 11) is 0. The van der Waals surface area contributed by atoms with Gasteiger partial charge in [0.2, 0.25) is 0 Å². The Morgan fingerprint density at radius 2 is 1.72 bits per heavy atom. The maximum absolute atomic E-state index is 13.0. The molecule has 2 heterocycles. The summed E-state index contributed by atoms with van der Waals surface area (Å²) in [5.74, 6) is -0.616. The number of cyclic esters (lactones) is 1. The van der Waals surface area contributed by atoms with Crippen molar-refractivity contribution < 1.29 is 49.3 Å². The number of carbonyl (C=O) groups excluding carboxylic acids is 2. The molecular formula is C29H42O10. The molecule has 4 saturated carbocycles. The monoisotopic (exact) mass is 550 g/mol. The number of hydrogen-bond donors (Lipinski definition) is 5. The number of rotatable bonds is 4. The highest BCUT2D eigenvalue weighted by atomic mass is 16.7. The molecule has 218 valence electrons. The minimum Gasteiger partial charge on any atom is -0.458 e. The largest absolute Gasteiger partial charge is 0.458 e. The van der Waals surface area contributed by atoms with E-state index in [0.717, 1.165) is 18.3 Å². The molecule has 0 aromatic heterocycles. The van der Waals surface area contributed by atoms with Crippen LogP contribution in [0.3, 0.4) is 0 Å². The molecule has 1 saturated heterocycles. The van der Waals surface area contributed by atoms with E-state index in [9.17, 15) is 35.1 Å². The van der Waals surface area contributed by atoms with Crippen LogP contribution in [0, 0.1) is 28.6 Å². The van der Waals surface area contributed by atoms with Crippen LogP contribution in [0.4, 0.5) is 0 Å². The van der Waals surface area contributed by atoms with E-state index in [1.165, 1.54) is 0 Å². The van der Waals surface area contributed by atoms with E-state index in [1.54, 1.807) is 13.0 Å². The van der Waals surface area contributed by atoms with Crippen LogP contribution in [0.2, 0.25) is 0 Å². The second-order valence-corrected chi connectivity index (χ2v) is 13.4. The summed E-state index contributed by atoms with van der Waals surface area (Å²) in [5, 5.41) is 55.0. The summed E-state index contributed by atoms with van der Waals surface area (Å²) < 4.78 is 16.9. The van der Waals surface area contributed by atoms with Crippen molar-refractivity contribution in [2.24, 2.45) is 28.6 Å². The zero-order valence-electron chi connectivity index (χ0n) is 22.7. The number of aldehydes is 1. The molecule has 5 fully saturated rings. The van der Waals surface area contributed by atoms with Gasteiger partial charge in [-0.25, -0.2) is 4.79 Å². The molecular weight excluding hydrogens is 508 g/mol. The smallest absolute Gasteiger partial charge is 0.331 e. The van der Waals surface area contributed by atoms with Crippen LogP contribution in [-0.2, 0) is 23.8 Å². The quantitative estimate of drug-likeness (QED) is 0.192. The lowest BCUT2D eigenvalue weighted by Gasteiger charge is -2.65. The molecule has 4 aliphatic carbocycles. The topological polar surface area (TPSA) is 163 Å². The van der Waals surface area contributed by atoms with Gasteiger partial charge in [-0.15, -0.1) is 0 Å². The van der Waals surface area contributed by atoms with Crippen molar-refractivity contribution in [1.82, 2.24) is 0 Å². The number of esters is 1. The van der Waals surface area contributed by atoms with E-state index in [0.29, 0.717) is 44.9 Å². The molecule has 5 N–H and O–H groups in total. The van der Waals surface area contributed by atoms with Crippen LogP contribution in [0.5, 0.6) is 0 Å². The number of carbonyl (C=O) groups is 2. The molecule has 0 radical (unpaired) electrons. The first-order chi connectivity index (χ1) is 18.4. The molecule has 0 spiro atoms. The number of aliphatic hydroxyl groups is 5. The predicted octanol–water partition coefficient (Wildman–Crippen LogP) is 0.750. The Hall–Kier alpha value is -1.40. The summed E-state index contributed by atoms with van der Waals surface area (Å²) in [6.45, 7) is 3.98. The molecule has 0 aromatic carbocycles. The van der Waals surface area contributed by atoms with Gasteiger partial charge in [-0.2, -0.15) is 0 Å². The van der Waals surface area contributed by atoms with Gasteiger partial charge < -0.3 is 44.5 Å². The Balaban J connectivity index is 1.22. The van der Waals surface area contributed by atoms with Gasteiger partial charge in [0, 0.05) is 17.9 Å². The molecule has 0 bridgehead atoms. The van der Waals surface area contributed by atoms with Gasteiger partial charge >= 0.3 is 5.97 Å². The average molecular weight is 551 g/mol. The van der Waals surface area contributed by atoms with Crippen molar-refractivity contribution in [3.8, 4) is 0 Å². The fraction of sp³-hybridized carbons (Fsp3) is 0.862. The zero-order chi connectivity index (χ0) is 28.0. The van der Waals surface area contributed by atoms with Crippen molar-refractivity contribution in [3.63, 3.8) is 0 Å². The maximum Gasteiger partial charge on any atom is 0.331 e. The van der Waals surface area contributed by atoms with E-state index in [2.05, 4.69) is 6.92 Å². The van der Waals surface area contributed by atoms with E-state index >= 15 is 0 Å². The fourth-order valence-electron chi connectivity index (χ4n) is 9.75. The minimum atomic E-state index is -1.43. The molecule has 2 aliphatic heterocycles. The lowest BCUT2D eigenvalue weighted by Crippen LogP contribution is -2.69. The van der Waals surface area contributed by atoms with Crippen molar-refractivity contribution in [2.45, 2.75) is 120 Å². The molecule has 0 unspecified atom stereocenters. The first-order valence-electron chi connectivity index (χ1n) is 14.5. The van der Waals surface area contributed by atoms with E-state index in [4.69, 9.17) is 14.2 Å². The minimum absolute atomic E-state index is 0.0465. The molecule has 39 heavy (non-hydrogen) atoms. The van der Waals surface area contributed by atoms with Crippen LogP contribution in [0.1, 0.15) is 71.6 Å². The number of aliphatic hydroxyl groups excluding tert-OH is 3. The van der Waals surface area contributed by atoms with E-state index in [1.807, 2.05) is 0 Å². The standard InChI is InChI=1S/C29H42O10/c1-15-22(32)23(33)24(34)25(38-15)39-17-3-8-27(14-30)19-4-7-26(2)18(16-11-21(31)37-13-16)6-10-29(26,36)20(19)5-9-28(27,35)12-17/h11,14-15,17-20,22-25,32-36H,3-10,12-13H2,1-2H3/t15-,17-,18+,19-,20+,22+,23+,24+,25-,26+,27-,28-,29-/m0/s1. The molecule has 0 aromatic rings. The van der Waals surface area contributed by atoms with Crippen molar-refractivity contribution in [2.75, 3.05) is 6.61 Å². The molecule has 10 heteroatoms. The molecule has 13 atom stereocenters. The van der Waals surface area contributed by atoms with Gasteiger partial charge in [-0.05, 0) is 81.6 Å². The Kier molecular flexibility index (Phi) is 6.62. The third-order valence-corrected chi connectivity index (χ3v) is 12.0. The summed E-state index contributed by atoms with van der Waals surface area (Å²) in [6.07, 6.45) is 0.689. The molecule has 0 amide bonds. The summed E-state index contributed by atoms with van der Waals surface area (Å²) in [6, 6.07) is 0. The number of ether oxygens (including phenoxy) is 3. The second-order valence-electron chi connectivity index (χ2n) is 13.4. The van der Waals surface area contributed by atoms with Crippen molar-refractivity contribution in [3.05, 3.63) is 11.6 Å². The Bertz CT molecular complexity index is 1050. The van der Waals surface area contributed by atoms with E-state index < -0.39 is 58.8 Å². The van der Waals surface area contributed by atoms with Crippen molar-refractivity contribution in [1.29, 1.82) is 0 Å². The Labute approximate surface area is 228 Å². The summed E-state index contributed by atoms with van der Waals surface area (Å²) >= 11 is 0. The van der Waals surface area contributed by atoms with Gasteiger partial charge in [-0.3, -0.25) is 0 Å². The normalized spacial score (nSPS) is 55.2. The average Bonchev–Trinajstić information content (AvgIpc) is 3.45. The van der Waals surface area contributed by atoms with Gasteiger partial charge in [-0.1, -0.05) is 6.92 Å². The van der Waals surface area contributed by atoms with E-state index in [-0.39, 0.29) is 36.8 Å². The van der Waals surface area contributed by atoms with Crippen LogP contribution < -0.4 is 0 Å². The Morgan fingerprint density at radius 1 is 0.974 bits per heavy atom. The SMILES string of the molecule is C[C@@H]1O[C@@H](O[C@H]2CC[C@]3(C=O)[C@H]4CC[C@]5(C)[C@@H](C6=CC(=O)OC6)CC[C@]5(O)[C@@H]4CC[C@]3(O)C2)[C@H](O)[C@H](O)[C@@H]1O. The lowest BCUT2D eigenvalue weighted by molar-refractivity contribution is -0.317. The molecule has 6 rings (SSSR count). The van der Waals surface area contributed by atoms with Gasteiger partial charge in [0.15, 0.2) is 6.29 Å². The lowest BCUT2D eigenvalue weighted by atomic mass is 9.41. The highest BCUT2D eigenvalue weighted by Gasteiger charge is 2.71. The van der Waals surface area contributed by atoms with Crippen LogP contribution in [-0.4, -0.2) is 92.4 Å². The van der Waals surface area contributed by atoms with Crippen molar-refractivity contribution >= 4 is 12.3 Å². The van der Waals surface area contributed by atoms with Gasteiger partial charge in [0.25, 0.3) is 0 Å². The molecule has 6 aliphatic rings. The zero-order valence-corrected chi connectivity index (χ0v) is 22.7. The van der Waals surface area contributed by atoms with Gasteiger partial charge in [0.1, 0.15) is 31.2 Å². The summed E-state index contributed by atoms with van der Waals surface area (Å²) in [5.41, 5.74) is -2.86. The first-order valence-corrected chi connectivity index (χ1v) is 14.5. The van der Waals surface area contributed by atoms with Crippen LogP contribution in [0.15, 0.2) is 11.6 Å². The third-order valence-electron chi connectivity index (χ3n) is 12.0. The highest BCUT2D eigenvalue weighted by Crippen LogP contribution is 2.70. The van der Waals surface area contributed by atoms with Gasteiger partial charge in [0.05, 0.1) is 28.8 Å². The predicted molar refractivity (Wildman–Crippen MR) is 135 cm³/mol. The highest BCUT2D eigenvalue weighted by molar-refractivity contribution is 5.85. The molecule has 10 nitrogen and oxygen atoms in total. The second kappa shape index (κ2) is 9.31.